The number of anilines is 1. The number of amides is 2. The first-order chi connectivity index (χ1) is 15.7. The van der Waals surface area contributed by atoms with Crippen LogP contribution < -0.4 is 16.0 Å². The molecule has 2 amide bonds. The first kappa shape index (κ1) is 21.6. The van der Waals surface area contributed by atoms with Gasteiger partial charge in [0.05, 0.1) is 0 Å². The van der Waals surface area contributed by atoms with Gasteiger partial charge in [0.1, 0.15) is 13.2 Å². The Kier molecular flexibility index (Phi) is 7.15. The van der Waals surface area contributed by atoms with Gasteiger partial charge in [-0.2, -0.15) is 0 Å². The second kappa shape index (κ2) is 10.6. The van der Waals surface area contributed by atoms with Crippen LogP contribution in [0.15, 0.2) is 84.9 Å². The average Bonchev–Trinajstić information content (AvgIpc) is 3.62. The van der Waals surface area contributed by atoms with E-state index in [1.807, 2.05) is 60.7 Å². The largest absolute Gasteiger partial charge is 0.445 e. The summed E-state index contributed by atoms with van der Waals surface area (Å²) in [6.45, 7) is 0.887. The highest BCUT2D eigenvalue weighted by Crippen LogP contribution is 2.41. The minimum atomic E-state index is -0.623. The van der Waals surface area contributed by atoms with Gasteiger partial charge in [-0.15, -0.1) is 0 Å². The standard InChI is InChI=1S/C26H27N3O3/c30-25(17-28-26(31)32-18-20-9-5-2-6-10-20)29-22-13-11-21(12-14-22)23-15-24(23)27-16-19-7-3-1-4-8-19/h1-14,23-24,27H,15-18H2,(H,28,31)(H,29,30). The number of hydrogen-bond donors (Lipinski definition) is 3. The molecule has 164 valence electrons. The number of carbonyl (C=O) groups is 2. The SMILES string of the molecule is O=C(CNC(=O)OCc1ccccc1)Nc1ccc(C2CC2NCc2ccccc2)cc1. The Balaban J connectivity index is 1.15. The van der Waals surface area contributed by atoms with Crippen LogP contribution in [0.4, 0.5) is 10.5 Å². The minimum Gasteiger partial charge on any atom is -0.445 e. The van der Waals surface area contributed by atoms with E-state index in [0.29, 0.717) is 17.6 Å². The molecule has 6 heteroatoms. The molecule has 3 aromatic rings. The fourth-order valence-electron chi connectivity index (χ4n) is 3.58. The van der Waals surface area contributed by atoms with E-state index < -0.39 is 6.09 Å². The summed E-state index contributed by atoms with van der Waals surface area (Å²) in [5, 5.41) is 8.85. The average molecular weight is 430 g/mol. The van der Waals surface area contributed by atoms with Gasteiger partial charge >= 0.3 is 6.09 Å². The number of hydrogen-bond acceptors (Lipinski definition) is 4. The Hall–Kier alpha value is -3.64. The minimum absolute atomic E-state index is 0.149. The van der Waals surface area contributed by atoms with E-state index in [1.54, 1.807) is 0 Å². The molecule has 32 heavy (non-hydrogen) atoms. The van der Waals surface area contributed by atoms with Gasteiger partial charge in [-0.05, 0) is 35.2 Å². The summed E-state index contributed by atoms with van der Waals surface area (Å²) in [5.74, 6) is 0.202. The van der Waals surface area contributed by atoms with Crippen molar-refractivity contribution >= 4 is 17.7 Å². The number of ether oxygens (including phenoxy) is 1. The highest BCUT2D eigenvalue weighted by molar-refractivity contribution is 5.93. The molecule has 1 aliphatic carbocycles. The van der Waals surface area contributed by atoms with Gasteiger partial charge in [-0.3, -0.25) is 4.79 Å². The molecule has 0 radical (unpaired) electrons. The van der Waals surface area contributed by atoms with Crippen LogP contribution in [0.2, 0.25) is 0 Å². The van der Waals surface area contributed by atoms with Crippen LogP contribution in [-0.4, -0.2) is 24.6 Å². The zero-order valence-corrected chi connectivity index (χ0v) is 17.8. The lowest BCUT2D eigenvalue weighted by molar-refractivity contribution is -0.115. The second-order valence-corrected chi connectivity index (χ2v) is 7.90. The molecule has 0 saturated heterocycles. The number of nitrogens with one attached hydrogen (secondary N) is 3. The predicted molar refractivity (Wildman–Crippen MR) is 124 cm³/mol. The molecule has 3 N–H and O–H groups in total. The molecule has 2 atom stereocenters. The van der Waals surface area contributed by atoms with Crippen molar-refractivity contribution in [3.8, 4) is 0 Å². The molecule has 0 heterocycles. The number of rotatable bonds is 9. The highest BCUT2D eigenvalue weighted by Gasteiger charge is 2.37. The fourth-order valence-corrected chi connectivity index (χ4v) is 3.58. The number of benzene rings is 3. The zero-order chi connectivity index (χ0) is 22.2. The molecule has 2 unspecified atom stereocenters. The maximum Gasteiger partial charge on any atom is 0.407 e. The lowest BCUT2D eigenvalue weighted by Crippen LogP contribution is -2.33. The van der Waals surface area contributed by atoms with Crippen LogP contribution in [0.5, 0.6) is 0 Å². The lowest BCUT2D eigenvalue weighted by atomic mass is 10.1. The quantitative estimate of drug-likeness (QED) is 0.476. The third kappa shape index (κ3) is 6.43. The van der Waals surface area contributed by atoms with E-state index in [-0.39, 0.29) is 19.1 Å². The smallest absolute Gasteiger partial charge is 0.407 e. The van der Waals surface area contributed by atoms with Crippen LogP contribution >= 0.6 is 0 Å². The molecule has 4 rings (SSSR count). The molecule has 0 bridgehead atoms. The summed E-state index contributed by atoms with van der Waals surface area (Å²) < 4.78 is 5.10. The van der Waals surface area contributed by atoms with Gasteiger partial charge in [0, 0.05) is 24.2 Å². The third-order valence-electron chi connectivity index (χ3n) is 5.43. The van der Waals surface area contributed by atoms with E-state index >= 15 is 0 Å². The second-order valence-electron chi connectivity index (χ2n) is 7.90. The van der Waals surface area contributed by atoms with Gasteiger partial charge in [0.15, 0.2) is 0 Å². The lowest BCUT2D eigenvalue weighted by Gasteiger charge is -2.09. The maximum absolute atomic E-state index is 12.1. The molecular weight excluding hydrogens is 402 g/mol. The van der Waals surface area contributed by atoms with Gasteiger partial charge in [-0.1, -0.05) is 72.8 Å². The van der Waals surface area contributed by atoms with Crippen molar-refractivity contribution in [3.63, 3.8) is 0 Å². The highest BCUT2D eigenvalue weighted by atomic mass is 16.5. The Morgan fingerprint density at radius 2 is 1.50 bits per heavy atom. The molecule has 1 aliphatic rings. The molecule has 0 aliphatic heterocycles. The van der Waals surface area contributed by atoms with Gasteiger partial charge in [0.25, 0.3) is 0 Å². The molecule has 0 spiro atoms. The van der Waals surface area contributed by atoms with Crippen molar-refractivity contribution in [1.29, 1.82) is 0 Å². The van der Waals surface area contributed by atoms with Gasteiger partial charge in [0.2, 0.25) is 5.91 Å². The Morgan fingerprint density at radius 3 is 2.19 bits per heavy atom. The van der Waals surface area contributed by atoms with Crippen LogP contribution in [0.25, 0.3) is 0 Å². The molecule has 6 nitrogen and oxygen atoms in total. The fraction of sp³-hybridized carbons (Fsp3) is 0.231. The maximum atomic E-state index is 12.1. The Labute approximate surface area is 188 Å². The van der Waals surface area contributed by atoms with E-state index in [0.717, 1.165) is 18.5 Å². The monoisotopic (exact) mass is 429 g/mol. The summed E-state index contributed by atoms with van der Waals surface area (Å²) in [5.41, 5.74) is 4.14. The van der Waals surface area contributed by atoms with Crippen molar-refractivity contribution in [3.05, 3.63) is 102 Å². The summed E-state index contributed by atoms with van der Waals surface area (Å²) >= 11 is 0. The van der Waals surface area contributed by atoms with Crippen molar-refractivity contribution < 1.29 is 14.3 Å². The molecule has 0 aromatic heterocycles. The van der Waals surface area contributed by atoms with Crippen LogP contribution in [0, 0.1) is 0 Å². The topological polar surface area (TPSA) is 79.5 Å². The van der Waals surface area contributed by atoms with Crippen LogP contribution in [0.1, 0.15) is 29.0 Å². The Bertz CT molecular complexity index is 1020. The van der Waals surface area contributed by atoms with Crippen molar-refractivity contribution in [2.24, 2.45) is 0 Å². The van der Waals surface area contributed by atoms with E-state index in [4.69, 9.17) is 4.74 Å². The normalized spacial score (nSPS) is 16.8. The summed E-state index contributed by atoms with van der Waals surface area (Å²) in [6.07, 6.45) is 0.496. The predicted octanol–water partition coefficient (Wildman–Crippen LogP) is 4.20. The number of alkyl carbamates (subject to hydrolysis) is 1. The van der Waals surface area contributed by atoms with Crippen molar-refractivity contribution in [2.45, 2.75) is 31.5 Å². The Morgan fingerprint density at radius 1 is 0.844 bits per heavy atom. The zero-order valence-electron chi connectivity index (χ0n) is 17.8. The van der Waals surface area contributed by atoms with Gasteiger partial charge in [-0.25, -0.2) is 4.79 Å². The molecule has 1 fully saturated rings. The molecule has 3 aromatic carbocycles. The van der Waals surface area contributed by atoms with E-state index in [9.17, 15) is 9.59 Å². The molecule has 1 saturated carbocycles. The van der Waals surface area contributed by atoms with E-state index in [1.165, 1.54) is 11.1 Å². The van der Waals surface area contributed by atoms with Crippen LogP contribution in [0.3, 0.4) is 0 Å². The summed E-state index contributed by atoms with van der Waals surface area (Å²) in [4.78, 5) is 23.9. The molecular formula is C26H27N3O3. The first-order valence-corrected chi connectivity index (χ1v) is 10.8. The van der Waals surface area contributed by atoms with E-state index in [2.05, 4.69) is 40.2 Å². The summed E-state index contributed by atoms with van der Waals surface area (Å²) in [6, 6.07) is 28.1. The van der Waals surface area contributed by atoms with Crippen molar-refractivity contribution in [1.82, 2.24) is 10.6 Å². The first-order valence-electron chi connectivity index (χ1n) is 10.8. The van der Waals surface area contributed by atoms with Crippen LogP contribution in [-0.2, 0) is 22.7 Å². The summed E-state index contributed by atoms with van der Waals surface area (Å²) in [7, 11) is 0. The third-order valence-corrected chi connectivity index (χ3v) is 5.43. The van der Waals surface area contributed by atoms with Crippen molar-refractivity contribution in [2.75, 3.05) is 11.9 Å². The number of carbonyl (C=O) groups excluding carboxylic acids is 2. The van der Waals surface area contributed by atoms with Gasteiger partial charge < -0.3 is 20.7 Å².